The van der Waals surface area contributed by atoms with Crippen LogP contribution in [0.5, 0.6) is 5.75 Å². The quantitative estimate of drug-likeness (QED) is 0.740. The number of ether oxygens (including phenoxy) is 1. The molecule has 2 aromatic carbocycles. The normalized spacial score (nSPS) is 15.9. The molecule has 1 unspecified atom stereocenters. The van der Waals surface area contributed by atoms with Crippen LogP contribution in [0.4, 0.5) is 0 Å². The molecule has 1 atom stereocenters. The second-order valence-corrected chi connectivity index (χ2v) is 6.56. The molecule has 140 valence electrons. The van der Waals surface area contributed by atoms with Gasteiger partial charge in [-0.3, -0.25) is 4.79 Å². The minimum absolute atomic E-state index is 0. The third-order valence-corrected chi connectivity index (χ3v) is 4.63. The summed E-state index contributed by atoms with van der Waals surface area (Å²) >= 11 is 0. The molecular formula is C21H27ClN2O2. The lowest BCUT2D eigenvalue weighted by Crippen LogP contribution is -2.23. The topological polar surface area (TPSA) is 50.4 Å². The van der Waals surface area contributed by atoms with Crippen LogP contribution in [-0.4, -0.2) is 19.0 Å². The fourth-order valence-electron chi connectivity index (χ4n) is 3.10. The number of rotatable bonds is 8. The first-order valence-corrected chi connectivity index (χ1v) is 9.03. The third kappa shape index (κ3) is 6.36. The van der Waals surface area contributed by atoms with E-state index in [0.717, 1.165) is 36.4 Å². The van der Waals surface area contributed by atoms with Crippen LogP contribution in [0.15, 0.2) is 54.6 Å². The van der Waals surface area contributed by atoms with Crippen molar-refractivity contribution in [2.24, 2.45) is 5.92 Å². The van der Waals surface area contributed by atoms with E-state index in [4.69, 9.17) is 4.74 Å². The summed E-state index contributed by atoms with van der Waals surface area (Å²) in [6.07, 6.45) is 2.74. The number of halogens is 1. The lowest BCUT2D eigenvalue weighted by atomic mass is 10.0. The van der Waals surface area contributed by atoms with Crippen molar-refractivity contribution in [1.29, 1.82) is 0 Å². The number of para-hydroxylation sites is 1. The van der Waals surface area contributed by atoms with Gasteiger partial charge in [-0.05, 0) is 43.5 Å². The zero-order valence-electron chi connectivity index (χ0n) is 14.9. The molecule has 1 aliphatic heterocycles. The summed E-state index contributed by atoms with van der Waals surface area (Å²) in [6.45, 7) is 3.16. The molecule has 2 N–H and O–H groups in total. The number of carbonyl (C=O) groups is 1. The van der Waals surface area contributed by atoms with Crippen molar-refractivity contribution >= 4 is 18.3 Å². The monoisotopic (exact) mass is 374 g/mol. The Labute approximate surface area is 161 Å². The van der Waals surface area contributed by atoms with Crippen molar-refractivity contribution in [3.8, 4) is 5.75 Å². The van der Waals surface area contributed by atoms with Crippen molar-refractivity contribution in [2.75, 3.05) is 13.1 Å². The summed E-state index contributed by atoms with van der Waals surface area (Å²) in [5, 5.41) is 6.36. The van der Waals surface area contributed by atoms with Crippen LogP contribution in [-0.2, 0) is 17.9 Å². The van der Waals surface area contributed by atoms with Crippen LogP contribution in [0.25, 0.3) is 0 Å². The molecule has 0 spiro atoms. The van der Waals surface area contributed by atoms with Crippen LogP contribution >= 0.6 is 12.4 Å². The lowest BCUT2D eigenvalue weighted by molar-refractivity contribution is -0.121. The highest BCUT2D eigenvalue weighted by Crippen LogP contribution is 2.19. The second-order valence-electron chi connectivity index (χ2n) is 6.56. The Kier molecular flexibility index (Phi) is 8.45. The predicted molar refractivity (Wildman–Crippen MR) is 107 cm³/mol. The Bertz CT molecular complexity index is 673. The summed E-state index contributed by atoms with van der Waals surface area (Å²) in [5.74, 6) is 1.59. The molecule has 0 aliphatic carbocycles. The fourth-order valence-corrected chi connectivity index (χ4v) is 3.10. The zero-order valence-corrected chi connectivity index (χ0v) is 15.8. The molecule has 1 fully saturated rings. The van der Waals surface area contributed by atoms with Crippen LogP contribution in [0.3, 0.4) is 0 Å². The number of hydrogen-bond acceptors (Lipinski definition) is 3. The van der Waals surface area contributed by atoms with Crippen molar-refractivity contribution in [1.82, 2.24) is 10.6 Å². The first-order chi connectivity index (χ1) is 12.3. The SMILES string of the molecule is Cl.O=C(CCC1CCNC1)NCc1ccccc1OCc1ccccc1. The highest BCUT2D eigenvalue weighted by Gasteiger charge is 2.15. The minimum Gasteiger partial charge on any atom is -0.489 e. The van der Waals surface area contributed by atoms with E-state index in [2.05, 4.69) is 10.6 Å². The number of carbonyl (C=O) groups excluding carboxylic acids is 1. The zero-order chi connectivity index (χ0) is 17.3. The maximum absolute atomic E-state index is 12.1. The molecule has 3 rings (SSSR count). The molecule has 0 saturated carbocycles. The average molecular weight is 375 g/mol. The third-order valence-electron chi connectivity index (χ3n) is 4.63. The van der Waals surface area contributed by atoms with Gasteiger partial charge in [0.1, 0.15) is 12.4 Å². The van der Waals surface area contributed by atoms with Crippen LogP contribution < -0.4 is 15.4 Å². The van der Waals surface area contributed by atoms with E-state index < -0.39 is 0 Å². The van der Waals surface area contributed by atoms with Gasteiger partial charge in [-0.15, -0.1) is 12.4 Å². The van der Waals surface area contributed by atoms with Gasteiger partial charge in [0.05, 0.1) is 0 Å². The molecule has 1 aliphatic rings. The molecule has 4 nitrogen and oxygen atoms in total. The molecule has 0 radical (unpaired) electrons. The number of benzene rings is 2. The second kappa shape index (κ2) is 10.8. The number of amides is 1. The van der Waals surface area contributed by atoms with E-state index in [1.807, 2.05) is 54.6 Å². The van der Waals surface area contributed by atoms with E-state index >= 15 is 0 Å². The summed E-state index contributed by atoms with van der Waals surface area (Å²) < 4.78 is 5.94. The summed E-state index contributed by atoms with van der Waals surface area (Å²) in [6, 6.07) is 18.0. The van der Waals surface area contributed by atoms with Crippen molar-refractivity contribution in [2.45, 2.75) is 32.4 Å². The average Bonchev–Trinajstić information content (AvgIpc) is 3.18. The molecule has 26 heavy (non-hydrogen) atoms. The smallest absolute Gasteiger partial charge is 0.220 e. The summed E-state index contributed by atoms with van der Waals surface area (Å²) in [4.78, 5) is 12.1. The van der Waals surface area contributed by atoms with Gasteiger partial charge in [-0.2, -0.15) is 0 Å². The molecule has 0 aromatic heterocycles. The molecule has 1 amide bonds. The van der Waals surface area contributed by atoms with Crippen molar-refractivity contribution < 1.29 is 9.53 Å². The van der Waals surface area contributed by atoms with Gasteiger partial charge in [0.2, 0.25) is 5.91 Å². The van der Waals surface area contributed by atoms with Gasteiger partial charge < -0.3 is 15.4 Å². The Morgan fingerprint density at radius 2 is 1.88 bits per heavy atom. The lowest BCUT2D eigenvalue weighted by Gasteiger charge is -2.13. The molecule has 1 saturated heterocycles. The standard InChI is InChI=1S/C21H26N2O2.ClH/c24-21(11-10-17-12-13-22-14-17)23-15-19-8-4-5-9-20(19)25-16-18-6-2-1-3-7-18;/h1-9,17,22H,10-16H2,(H,23,24);1H. The van der Waals surface area contributed by atoms with Crippen molar-refractivity contribution in [3.05, 3.63) is 65.7 Å². The molecular weight excluding hydrogens is 348 g/mol. The van der Waals surface area contributed by atoms with Gasteiger partial charge in [-0.1, -0.05) is 48.5 Å². The van der Waals surface area contributed by atoms with E-state index in [9.17, 15) is 4.79 Å². The Morgan fingerprint density at radius 3 is 2.65 bits per heavy atom. The highest BCUT2D eigenvalue weighted by atomic mass is 35.5. The predicted octanol–water partition coefficient (Wildman–Crippen LogP) is 3.69. The Morgan fingerprint density at radius 1 is 1.12 bits per heavy atom. The fraction of sp³-hybridized carbons (Fsp3) is 0.381. The van der Waals surface area contributed by atoms with Crippen LogP contribution in [0.1, 0.15) is 30.4 Å². The number of nitrogens with one attached hydrogen (secondary N) is 2. The first kappa shape index (κ1) is 20.3. The van der Waals surface area contributed by atoms with Gasteiger partial charge >= 0.3 is 0 Å². The highest BCUT2D eigenvalue weighted by molar-refractivity contribution is 5.85. The number of hydrogen-bond donors (Lipinski definition) is 2. The van der Waals surface area contributed by atoms with Crippen molar-refractivity contribution in [3.63, 3.8) is 0 Å². The Hall–Kier alpha value is -2.04. The Balaban J connectivity index is 0.00000243. The minimum atomic E-state index is 0. The van der Waals surface area contributed by atoms with Gasteiger partial charge in [0, 0.05) is 18.5 Å². The van der Waals surface area contributed by atoms with Crippen LogP contribution in [0.2, 0.25) is 0 Å². The molecule has 1 heterocycles. The molecule has 5 heteroatoms. The van der Waals surface area contributed by atoms with E-state index in [-0.39, 0.29) is 18.3 Å². The van der Waals surface area contributed by atoms with Crippen LogP contribution in [0, 0.1) is 5.92 Å². The summed E-state index contributed by atoms with van der Waals surface area (Å²) in [5.41, 5.74) is 2.14. The van der Waals surface area contributed by atoms with Gasteiger partial charge in [0.15, 0.2) is 0 Å². The molecule has 2 aromatic rings. The molecule has 0 bridgehead atoms. The van der Waals surface area contributed by atoms with E-state index in [1.165, 1.54) is 6.42 Å². The van der Waals surface area contributed by atoms with Gasteiger partial charge in [-0.25, -0.2) is 0 Å². The van der Waals surface area contributed by atoms with E-state index in [0.29, 0.717) is 25.5 Å². The summed E-state index contributed by atoms with van der Waals surface area (Å²) in [7, 11) is 0. The first-order valence-electron chi connectivity index (χ1n) is 9.03. The largest absolute Gasteiger partial charge is 0.489 e. The maximum atomic E-state index is 12.1. The van der Waals surface area contributed by atoms with E-state index in [1.54, 1.807) is 0 Å². The maximum Gasteiger partial charge on any atom is 0.220 e. The van der Waals surface area contributed by atoms with Gasteiger partial charge in [0.25, 0.3) is 0 Å².